The van der Waals surface area contributed by atoms with Gasteiger partial charge in [-0.25, -0.2) is 0 Å². The Bertz CT molecular complexity index is 260. The van der Waals surface area contributed by atoms with Gasteiger partial charge in [0, 0.05) is 5.92 Å². The van der Waals surface area contributed by atoms with E-state index in [0.717, 1.165) is 6.42 Å². The zero-order valence-corrected chi connectivity index (χ0v) is 10.5. The molecule has 4 nitrogen and oxygen atoms in total. The van der Waals surface area contributed by atoms with Crippen molar-refractivity contribution in [1.82, 2.24) is 0 Å². The third-order valence-corrected chi connectivity index (χ3v) is 3.24. The van der Waals surface area contributed by atoms with Crippen molar-refractivity contribution in [2.75, 3.05) is 13.2 Å². The average molecular weight is 230 g/mol. The Hall–Kier alpha value is -0.160. The van der Waals surface area contributed by atoms with Gasteiger partial charge in [-0.05, 0) is 27.2 Å². The lowest BCUT2D eigenvalue weighted by Gasteiger charge is -2.42. The predicted octanol–water partition coefficient (Wildman–Crippen LogP) is 1.31. The van der Waals surface area contributed by atoms with Crippen LogP contribution in [0.4, 0.5) is 0 Å². The molecule has 4 atom stereocenters. The molecule has 2 fully saturated rings. The minimum atomic E-state index is -0.648. The van der Waals surface area contributed by atoms with Gasteiger partial charge in [-0.3, -0.25) is 0 Å². The van der Waals surface area contributed by atoms with Gasteiger partial charge >= 0.3 is 0 Å². The Kier molecular flexibility index (Phi) is 3.03. The molecule has 4 heteroatoms. The first kappa shape index (κ1) is 12.3. The highest BCUT2D eigenvalue weighted by molar-refractivity contribution is 4.99. The molecule has 0 saturated carbocycles. The van der Waals surface area contributed by atoms with Gasteiger partial charge in [-0.1, -0.05) is 6.92 Å². The first-order valence-corrected chi connectivity index (χ1v) is 5.94. The van der Waals surface area contributed by atoms with Crippen LogP contribution in [0.3, 0.4) is 0 Å². The second-order valence-electron chi connectivity index (χ2n) is 5.95. The van der Waals surface area contributed by atoms with Crippen LogP contribution in [0.25, 0.3) is 0 Å². The van der Waals surface area contributed by atoms with E-state index in [-0.39, 0.29) is 24.6 Å². The second-order valence-corrected chi connectivity index (χ2v) is 5.95. The molecule has 2 bridgehead atoms. The normalized spacial score (nSPS) is 43.7. The van der Waals surface area contributed by atoms with Crippen LogP contribution in [0.5, 0.6) is 0 Å². The Morgan fingerprint density at radius 3 is 2.69 bits per heavy atom. The first-order chi connectivity index (χ1) is 7.36. The van der Waals surface area contributed by atoms with Gasteiger partial charge in [-0.2, -0.15) is 0 Å². The lowest BCUT2D eigenvalue weighted by Crippen LogP contribution is -2.55. The summed E-state index contributed by atoms with van der Waals surface area (Å²) in [5, 5.41) is 9.54. The predicted molar refractivity (Wildman–Crippen MR) is 59.0 cm³/mol. The molecular weight excluding hydrogens is 208 g/mol. The summed E-state index contributed by atoms with van der Waals surface area (Å²) in [6.45, 7) is 8.53. The Balaban J connectivity index is 2.15. The fraction of sp³-hybridized carbons (Fsp3) is 1.00. The van der Waals surface area contributed by atoms with Crippen LogP contribution in [0.15, 0.2) is 0 Å². The smallest absolute Gasteiger partial charge is 0.161 e. The van der Waals surface area contributed by atoms with E-state index in [1.54, 1.807) is 0 Å². The third-order valence-electron chi connectivity index (χ3n) is 3.24. The fourth-order valence-electron chi connectivity index (χ4n) is 2.40. The maximum absolute atomic E-state index is 9.54. The summed E-state index contributed by atoms with van der Waals surface area (Å²) >= 11 is 0. The van der Waals surface area contributed by atoms with Crippen LogP contribution >= 0.6 is 0 Å². The molecule has 0 aliphatic carbocycles. The maximum atomic E-state index is 9.54. The summed E-state index contributed by atoms with van der Waals surface area (Å²) in [6, 6.07) is 0. The van der Waals surface area contributed by atoms with Gasteiger partial charge in [0.25, 0.3) is 0 Å². The van der Waals surface area contributed by atoms with Crippen molar-refractivity contribution in [3.8, 4) is 0 Å². The van der Waals surface area contributed by atoms with Crippen LogP contribution in [-0.2, 0) is 14.2 Å². The monoisotopic (exact) mass is 230 g/mol. The minimum absolute atomic E-state index is 0.0447. The minimum Gasteiger partial charge on any atom is -0.393 e. The Morgan fingerprint density at radius 1 is 1.44 bits per heavy atom. The van der Waals surface area contributed by atoms with Gasteiger partial charge in [0.1, 0.15) is 5.60 Å². The van der Waals surface area contributed by atoms with Crippen LogP contribution < -0.4 is 0 Å². The molecule has 0 aromatic heterocycles. The number of hydrogen-bond donors (Lipinski definition) is 1. The number of hydrogen-bond acceptors (Lipinski definition) is 4. The van der Waals surface area contributed by atoms with Crippen molar-refractivity contribution in [2.45, 2.75) is 57.7 Å². The van der Waals surface area contributed by atoms with E-state index in [1.807, 2.05) is 20.8 Å². The summed E-state index contributed by atoms with van der Waals surface area (Å²) in [5.41, 5.74) is -0.879. The summed E-state index contributed by atoms with van der Waals surface area (Å²) in [7, 11) is 0. The van der Waals surface area contributed by atoms with Crippen LogP contribution in [0.2, 0.25) is 0 Å². The molecule has 2 aliphatic heterocycles. The van der Waals surface area contributed by atoms with Crippen molar-refractivity contribution in [2.24, 2.45) is 5.92 Å². The maximum Gasteiger partial charge on any atom is 0.161 e. The number of fused-ring (bicyclic) bond motifs is 2. The molecule has 16 heavy (non-hydrogen) atoms. The standard InChI is InChI=1S/C12H22O4/c1-8-5-9(15-11(2,3)4)12(6-13)7-14-10(8)16-12/h8-10,13H,5-7H2,1-4H3/t8-,9-,10+,12+/m1/s1. The largest absolute Gasteiger partial charge is 0.393 e. The average Bonchev–Trinajstić information content (AvgIpc) is 2.55. The molecule has 2 saturated heterocycles. The van der Waals surface area contributed by atoms with E-state index in [1.165, 1.54) is 0 Å². The number of aliphatic hydroxyl groups is 1. The number of rotatable bonds is 2. The fourth-order valence-corrected chi connectivity index (χ4v) is 2.40. The lowest BCUT2D eigenvalue weighted by molar-refractivity contribution is -0.236. The van der Waals surface area contributed by atoms with E-state index in [9.17, 15) is 5.11 Å². The highest BCUT2D eigenvalue weighted by atomic mass is 16.7. The molecule has 0 radical (unpaired) electrons. The summed E-state index contributed by atoms with van der Waals surface area (Å²) in [6.07, 6.45) is 0.612. The van der Waals surface area contributed by atoms with Gasteiger partial charge in [0.2, 0.25) is 0 Å². The zero-order valence-electron chi connectivity index (χ0n) is 10.5. The van der Waals surface area contributed by atoms with Gasteiger partial charge < -0.3 is 19.3 Å². The molecule has 1 N–H and O–H groups in total. The van der Waals surface area contributed by atoms with Crippen molar-refractivity contribution >= 4 is 0 Å². The van der Waals surface area contributed by atoms with Crippen LogP contribution in [0.1, 0.15) is 34.1 Å². The van der Waals surface area contributed by atoms with Crippen molar-refractivity contribution in [3.63, 3.8) is 0 Å². The number of ether oxygens (including phenoxy) is 3. The molecule has 0 aromatic rings. The second kappa shape index (κ2) is 3.95. The third kappa shape index (κ3) is 2.12. The van der Waals surface area contributed by atoms with E-state index < -0.39 is 5.60 Å². The summed E-state index contributed by atoms with van der Waals surface area (Å²) in [5.74, 6) is 0.314. The molecule has 2 rings (SSSR count). The summed E-state index contributed by atoms with van der Waals surface area (Å²) < 4.78 is 17.4. The van der Waals surface area contributed by atoms with E-state index in [2.05, 4.69) is 6.92 Å². The molecule has 2 heterocycles. The quantitative estimate of drug-likeness (QED) is 0.777. The molecule has 0 spiro atoms. The SMILES string of the molecule is C[C@@H]1C[C@@H](OC(C)(C)C)[C@]2(CO)CO[C@H]1O2. The Labute approximate surface area is 96.9 Å². The van der Waals surface area contributed by atoms with Crippen molar-refractivity contribution < 1.29 is 19.3 Å². The van der Waals surface area contributed by atoms with E-state index in [0.29, 0.717) is 12.5 Å². The lowest BCUT2D eigenvalue weighted by atomic mass is 9.88. The van der Waals surface area contributed by atoms with Crippen LogP contribution in [-0.4, -0.2) is 41.9 Å². The van der Waals surface area contributed by atoms with Crippen LogP contribution in [0, 0.1) is 5.92 Å². The molecule has 0 aromatic carbocycles. The van der Waals surface area contributed by atoms with Crippen molar-refractivity contribution in [3.05, 3.63) is 0 Å². The summed E-state index contributed by atoms with van der Waals surface area (Å²) in [4.78, 5) is 0. The molecule has 2 aliphatic rings. The molecule has 0 unspecified atom stereocenters. The zero-order chi connectivity index (χ0) is 12.0. The Morgan fingerprint density at radius 2 is 2.12 bits per heavy atom. The van der Waals surface area contributed by atoms with Gasteiger partial charge in [0.15, 0.2) is 6.29 Å². The molecule has 94 valence electrons. The van der Waals surface area contributed by atoms with Gasteiger partial charge in [-0.15, -0.1) is 0 Å². The van der Waals surface area contributed by atoms with Crippen molar-refractivity contribution in [1.29, 1.82) is 0 Å². The number of aliphatic hydroxyl groups excluding tert-OH is 1. The first-order valence-electron chi connectivity index (χ1n) is 5.94. The van der Waals surface area contributed by atoms with Gasteiger partial charge in [0.05, 0.1) is 24.9 Å². The topological polar surface area (TPSA) is 47.9 Å². The van der Waals surface area contributed by atoms with E-state index in [4.69, 9.17) is 14.2 Å². The molecule has 0 amide bonds. The highest BCUT2D eigenvalue weighted by Gasteiger charge is 2.54. The van der Waals surface area contributed by atoms with E-state index >= 15 is 0 Å². The highest BCUT2D eigenvalue weighted by Crippen LogP contribution is 2.41. The molecular formula is C12H22O4.